The molecule has 1 saturated heterocycles. The Morgan fingerprint density at radius 1 is 1.44 bits per heavy atom. The Morgan fingerprint density at radius 3 is 2.56 bits per heavy atom. The maximum atomic E-state index is 12.2. The van der Waals surface area contributed by atoms with E-state index in [1.165, 1.54) is 4.31 Å². The van der Waals surface area contributed by atoms with Crippen LogP contribution in [0, 0.1) is 0 Å². The summed E-state index contributed by atoms with van der Waals surface area (Å²) in [5.74, 6) is 0. The highest BCUT2D eigenvalue weighted by Gasteiger charge is 2.42. The monoisotopic (exact) mass is 262 g/mol. The molecular weight excluding hydrogens is 248 g/mol. The van der Waals surface area contributed by atoms with Gasteiger partial charge >= 0.3 is 0 Å². The summed E-state index contributed by atoms with van der Waals surface area (Å²) in [6, 6.07) is 0. The van der Waals surface area contributed by atoms with Crippen LogP contribution in [-0.4, -0.2) is 35.0 Å². The van der Waals surface area contributed by atoms with Crippen molar-refractivity contribution in [3.05, 3.63) is 0 Å². The largest absolute Gasteiger partial charge is 0.374 e. The molecule has 0 radical (unpaired) electrons. The van der Waals surface area contributed by atoms with E-state index in [-0.39, 0.29) is 15.0 Å². The van der Waals surface area contributed by atoms with Crippen LogP contribution in [0.25, 0.3) is 0 Å². The predicted molar refractivity (Wildman–Crippen MR) is 61.5 cm³/mol. The Labute approximate surface area is 98.5 Å². The molecule has 1 aromatic heterocycles. The van der Waals surface area contributed by atoms with Gasteiger partial charge in [-0.05, 0) is 26.7 Å². The first-order valence-electron chi connectivity index (χ1n) is 4.96. The average Bonchev–Trinajstić information content (AvgIpc) is 2.71. The number of rotatable bonds is 2. The van der Waals surface area contributed by atoms with Crippen molar-refractivity contribution in [1.82, 2.24) is 14.5 Å². The first-order chi connectivity index (χ1) is 7.34. The minimum atomic E-state index is -3.53. The molecule has 0 amide bonds. The molecule has 1 fully saturated rings. The molecule has 0 aromatic carbocycles. The van der Waals surface area contributed by atoms with Gasteiger partial charge in [0.1, 0.15) is 0 Å². The summed E-state index contributed by atoms with van der Waals surface area (Å²) in [6.45, 7) is 4.37. The molecular formula is C8H14N4O2S2. The van der Waals surface area contributed by atoms with Crippen molar-refractivity contribution in [3.8, 4) is 0 Å². The first-order valence-corrected chi connectivity index (χ1v) is 7.21. The van der Waals surface area contributed by atoms with Crippen molar-refractivity contribution in [2.45, 2.75) is 36.6 Å². The predicted octanol–water partition coefficient (Wildman–Crippen LogP) is 0.683. The summed E-state index contributed by atoms with van der Waals surface area (Å²) in [5.41, 5.74) is 5.06. The van der Waals surface area contributed by atoms with Gasteiger partial charge in [0.2, 0.25) is 9.47 Å². The van der Waals surface area contributed by atoms with Gasteiger partial charge < -0.3 is 5.73 Å². The van der Waals surface area contributed by atoms with E-state index in [2.05, 4.69) is 10.2 Å². The molecule has 0 saturated carbocycles. The van der Waals surface area contributed by atoms with Gasteiger partial charge in [0.05, 0.1) is 0 Å². The fourth-order valence-electron chi connectivity index (χ4n) is 1.95. The van der Waals surface area contributed by atoms with Gasteiger partial charge in [0.15, 0.2) is 0 Å². The van der Waals surface area contributed by atoms with Gasteiger partial charge in [0.25, 0.3) is 10.0 Å². The molecule has 6 nitrogen and oxygen atoms in total. The van der Waals surface area contributed by atoms with Gasteiger partial charge in [-0.25, -0.2) is 8.42 Å². The zero-order valence-corrected chi connectivity index (χ0v) is 10.8. The van der Waals surface area contributed by atoms with Gasteiger partial charge in [-0.2, -0.15) is 4.31 Å². The zero-order chi connectivity index (χ0) is 12.0. The molecule has 0 unspecified atom stereocenters. The van der Waals surface area contributed by atoms with E-state index in [1.807, 2.05) is 13.8 Å². The number of nitrogen functional groups attached to an aromatic ring is 1. The van der Waals surface area contributed by atoms with Crippen LogP contribution < -0.4 is 5.73 Å². The van der Waals surface area contributed by atoms with Gasteiger partial charge in [-0.15, -0.1) is 10.2 Å². The standard InChI is InChI=1S/C8H14N4O2S2/c1-8(2)4-3-5-12(8)16(13,14)7-11-10-6(9)15-7/h3-5H2,1-2H3,(H2,9,10). The molecule has 0 aliphatic carbocycles. The molecule has 1 aliphatic heterocycles. The van der Waals surface area contributed by atoms with Crippen molar-refractivity contribution in [1.29, 1.82) is 0 Å². The van der Waals surface area contributed by atoms with Crippen LogP contribution in [0.1, 0.15) is 26.7 Å². The number of nitrogens with two attached hydrogens (primary N) is 1. The Kier molecular flexibility index (Phi) is 2.67. The molecule has 2 rings (SSSR count). The lowest BCUT2D eigenvalue weighted by molar-refractivity contribution is 0.291. The van der Waals surface area contributed by atoms with Crippen molar-refractivity contribution in [2.75, 3.05) is 12.3 Å². The fraction of sp³-hybridized carbons (Fsp3) is 0.750. The Bertz CT molecular complexity index is 494. The highest BCUT2D eigenvalue weighted by molar-refractivity contribution is 7.91. The van der Waals surface area contributed by atoms with E-state index >= 15 is 0 Å². The van der Waals surface area contributed by atoms with E-state index in [0.717, 1.165) is 24.2 Å². The molecule has 0 spiro atoms. The van der Waals surface area contributed by atoms with E-state index < -0.39 is 10.0 Å². The van der Waals surface area contributed by atoms with E-state index in [0.29, 0.717) is 6.54 Å². The van der Waals surface area contributed by atoms with Crippen molar-refractivity contribution in [3.63, 3.8) is 0 Å². The van der Waals surface area contributed by atoms with Crippen molar-refractivity contribution >= 4 is 26.5 Å². The third kappa shape index (κ3) is 1.80. The van der Waals surface area contributed by atoms with Gasteiger partial charge in [0, 0.05) is 12.1 Å². The lowest BCUT2D eigenvalue weighted by Crippen LogP contribution is -2.42. The number of sulfonamides is 1. The highest BCUT2D eigenvalue weighted by atomic mass is 32.2. The first kappa shape index (κ1) is 11.7. The molecule has 0 atom stereocenters. The fourth-order valence-corrected chi connectivity index (χ4v) is 4.68. The number of hydrogen-bond acceptors (Lipinski definition) is 6. The van der Waals surface area contributed by atoms with Gasteiger partial charge in [-0.3, -0.25) is 0 Å². The summed E-state index contributed by atoms with van der Waals surface area (Å²) in [6.07, 6.45) is 1.74. The van der Waals surface area contributed by atoms with Crippen LogP contribution in [0.2, 0.25) is 0 Å². The highest BCUT2D eigenvalue weighted by Crippen LogP contribution is 2.34. The topological polar surface area (TPSA) is 89.2 Å². The summed E-state index contributed by atoms with van der Waals surface area (Å²) >= 11 is 0.908. The smallest absolute Gasteiger partial charge is 0.272 e. The van der Waals surface area contributed by atoms with Crippen LogP contribution in [-0.2, 0) is 10.0 Å². The molecule has 0 bridgehead atoms. The third-order valence-electron chi connectivity index (χ3n) is 2.76. The molecule has 1 aliphatic rings. The molecule has 90 valence electrons. The van der Waals surface area contributed by atoms with E-state index in [4.69, 9.17) is 5.73 Å². The quantitative estimate of drug-likeness (QED) is 0.846. The average molecular weight is 262 g/mol. The maximum Gasteiger partial charge on any atom is 0.272 e. The normalized spacial score (nSPS) is 21.4. The molecule has 2 heterocycles. The van der Waals surface area contributed by atoms with Crippen molar-refractivity contribution in [2.24, 2.45) is 0 Å². The minimum Gasteiger partial charge on any atom is -0.374 e. The van der Waals surface area contributed by atoms with Crippen LogP contribution in [0.4, 0.5) is 5.13 Å². The van der Waals surface area contributed by atoms with E-state index in [1.54, 1.807) is 0 Å². The zero-order valence-electron chi connectivity index (χ0n) is 9.17. The second kappa shape index (κ2) is 3.64. The summed E-state index contributed by atoms with van der Waals surface area (Å²) in [7, 11) is -3.53. The van der Waals surface area contributed by atoms with Crippen LogP contribution in [0.5, 0.6) is 0 Å². The minimum absolute atomic E-state index is 0.0139. The summed E-state index contributed by atoms with van der Waals surface area (Å²) in [5, 5.41) is 7.33. The number of aromatic nitrogens is 2. The molecule has 16 heavy (non-hydrogen) atoms. The van der Waals surface area contributed by atoms with Crippen LogP contribution >= 0.6 is 11.3 Å². The number of hydrogen-bond donors (Lipinski definition) is 1. The lowest BCUT2D eigenvalue weighted by Gasteiger charge is -2.29. The Balaban J connectivity index is 2.40. The SMILES string of the molecule is CC1(C)CCCN1S(=O)(=O)c1nnc(N)s1. The maximum absolute atomic E-state index is 12.2. The van der Waals surface area contributed by atoms with Crippen LogP contribution in [0.15, 0.2) is 4.34 Å². The van der Waals surface area contributed by atoms with Crippen molar-refractivity contribution < 1.29 is 8.42 Å². The second-order valence-electron chi connectivity index (χ2n) is 4.40. The molecule has 2 N–H and O–H groups in total. The Hall–Kier alpha value is -0.730. The number of anilines is 1. The summed E-state index contributed by atoms with van der Waals surface area (Å²) < 4.78 is 26.0. The van der Waals surface area contributed by atoms with E-state index in [9.17, 15) is 8.42 Å². The number of nitrogens with zero attached hydrogens (tertiary/aromatic N) is 3. The molecule has 1 aromatic rings. The van der Waals surface area contributed by atoms with Crippen LogP contribution in [0.3, 0.4) is 0 Å². The summed E-state index contributed by atoms with van der Waals surface area (Å²) in [4.78, 5) is 0. The van der Waals surface area contributed by atoms with Gasteiger partial charge in [-0.1, -0.05) is 11.3 Å². The Morgan fingerprint density at radius 2 is 2.12 bits per heavy atom. The third-order valence-corrected chi connectivity index (χ3v) is 5.97. The second-order valence-corrected chi connectivity index (χ2v) is 7.44. The molecule has 8 heteroatoms. The lowest BCUT2D eigenvalue weighted by atomic mass is 10.0.